The summed E-state index contributed by atoms with van der Waals surface area (Å²) in [6, 6.07) is 2.24. The van der Waals surface area contributed by atoms with Crippen LogP contribution in [-0.4, -0.2) is 71.3 Å². The zero-order valence-corrected chi connectivity index (χ0v) is 22.0. The molecule has 1 saturated carbocycles. The van der Waals surface area contributed by atoms with Crippen molar-refractivity contribution in [1.29, 1.82) is 0 Å². The molecule has 1 saturated heterocycles. The predicted molar refractivity (Wildman–Crippen MR) is 135 cm³/mol. The lowest BCUT2D eigenvalue weighted by atomic mass is 9.98. The third-order valence-corrected chi connectivity index (χ3v) is 6.73. The van der Waals surface area contributed by atoms with E-state index in [1.807, 2.05) is 6.92 Å². The molecule has 2 fully saturated rings. The third kappa shape index (κ3) is 7.61. The van der Waals surface area contributed by atoms with Crippen LogP contribution in [0.3, 0.4) is 0 Å². The van der Waals surface area contributed by atoms with Crippen LogP contribution in [0.25, 0.3) is 11.1 Å². The number of esters is 1. The minimum absolute atomic E-state index is 0.0119. The number of rotatable bonds is 10. The Kier molecular flexibility index (Phi) is 8.93. The molecule has 2 aromatic rings. The highest BCUT2D eigenvalue weighted by molar-refractivity contribution is 5.90. The molecule has 10 nitrogen and oxygen atoms in total. The van der Waals surface area contributed by atoms with E-state index in [0.717, 1.165) is 25.0 Å². The van der Waals surface area contributed by atoms with Crippen molar-refractivity contribution in [3.63, 3.8) is 0 Å². The van der Waals surface area contributed by atoms with Gasteiger partial charge in [0, 0.05) is 37.6 Å². The number of amides is 2. The summed E-state index contributed by atoms with van der Waals surface area (Å²) in [5, 5.41) is 2.51. The molecule has 2 amide bonds. The number of nitrogens with zero attached hydrogens (tertiary/aromatic N) is 3. The Morgan fingerprint density at radius 3 is 2.31 bits per heavy atom. The van der Waals surface area contributed by atoms with Crippen LogP contribution in [0.4, 0.5) is 13.6 Å². The first-order valence-electron chi connectivity index (χ1n) is 13.0. The monoisotopic (exact) mass is 546 g/mol. The highest BCUT2D eigenvalue weighted by atomic mass is 19.1. The van der Waals surface area contributed by atoms with E-state index in [0.29, 0.717) is 31.5 Å². The fourth-order valence-corrected chi connectivity index (χ4v) is 4.09. The van der Waals surface area contributed by atoms with Crippen LogP contribution in [0.2, 0.25) is 0 Å². The minimum Gasteiger partial charge on any atom is -0.487 e. The van der Waals surface area contributed by atoms with Crippen molar-refractivity contribution >= 4 is 18.0 Å². The smallest absolute Gasteiger partial charge is 0.410 e. The zero-order chi connectivity index (χ0) is 28.0. The van der Waals surface area contributed by atoms with Crippen molar-refractivity contribution < 1.29 is 37.4 Å². The van der Waals surface area contributed by atoms with Gasteiger partial charge in [-0.1, -0.05) is 0 Å². The molecule has 0 bridgehead atoms. The van der Waals surface area contributed by atoms with Crippen molar-refractivity contribution in [2.75, 3.05) is 32.8 Å². The molecule has 0 spiro atoms. The maximum Gasteiger partial charge on any atom is 0.410 e. The molecule has 12 heteroatoms. The Balaban J connectivity index is 1.27. The van der Waals surface area contributed by atoms with E-state index < -0.39 is 29.3 Å². The Morgan fingerprint density at radius 2 is 1.72 bits per heavy atom. The molecule has 1 aliphatic heterocycles. The molecule has 1 aromatic heterocycles. The Morgan fingerprint density at radius 1 is 1.08 bits per heavy atom. The molecule has 1 N–H and O–H groups in total. The second-order valence-corrected chi connectivity index (χ2v) is 9.93. The van der Waals surface area contributed by atoms with Gasteiger partial charge in [0.1, 0.15) is 5.60 Å². The number of nitrogens with one attached hydrogen (secondary N) is 1. The van der Waals surface area contributed by atoms with Gasteiger partial charge in [0.05, 0.1) is 19.6 Å². The number of carbonyl (C=O) groups is 3. The largest absolute Gasteiger partial charge is 0.487 e. The second-order valence-electron chi connectivity index (χ2n) is 9.93. The van der Waals surface area contributed by atoms with Gasteiger partial charge in [-0.3, -0.25) is 9.59 Å². The van der Waals surface area contributed by atoms with Crippen molar-refractivity contribution in [3.05, 3.63) is 42.0 Å². The first-order chi connectivity index (χ1) is 18.7. The Labute approximate surface area is 225 Å². The number of hydrogen-bond acceptors (Lipinski definition) is 8. The molecule has 39 heavy (non-hydrogen) atoms. The van der Waals surface area contributed by atoms with Crippen LogP contribution < -0.4 is 10.1 Å². The van der Waals surface area contributed by atoms with Crippen LogP contribution in [-0.2, 0) is 14.3 Å². The van der Waals surface area contributed by atoms with Gasteiger partial charge in [0.15, 0.2) is 17.4 Å². The number of aromatic nitrogens is 2. The molecule has 2 aliphatic rings. The van der Waals surface area contributed by atoms with Gasteiger partial charge in [-0.2, -0.15) is 0 Å². The lowest BCUT2D eigenvalue weighted by Gasteiger charge is -2.32. The number of halogens is 2. The Hall–Kier alpha value is -3.83. The highest BCUT2D eigenvalue weighted by Gasteiger charge is 2.43. The lowest BCUT2D eigenvalue weighted by molar-refractivity contribution is -0.142. The zero-order valence-electron chi connectivity index (χ0n) is 22.0. The molecular formula is C27H32F2N4O6. The standard InChI is InChI=1S/C27H32F2N4O6/c1-3-37-22(34)4-9-30-25(35)24-31-14-19(15-32-24)18-12-20(28)23(21(29)13-18)38-16-17-5-10-33(11-6-17)26(36)39-27(2)7-8-27/h12-15,17H,3-11,16H2,1-2H3,(H,30,35). The van der Waals surface area contributed by atoms with E-state index in [-0.39, 0.29) is 55.2 Å². The van der Waals surface area contributed by atoms with Gasteiger partial charge in [-0.05, 0) is 63.1 Å². The van der Waals surface area contributed by atoms with Gasteiger partial charge >= 0.3 is 12.1 Å². The average Bonchev–Trinajstić information content (AvgIpc) is 3.64. The summed E-state index contributed by atoms with van der Waals surface area (Å²) in [6.07, 6.45) is 5.32. The van der Waals surface area contributed by atoms with E-state index >= 15 is 0 Å². The summed E-state index contributed by atoms with van der Waals surface area (Å²) in [4.78, 5) is 45.3. The average molecular weight is 547 g/mol. The summed E-state index contributed by atoms with van der Waals surface area (Å²) in [6.45, 7) is 5.05. The highest BCUT2D eigenvalue weighted by Crippen LogP contribution is 2.39. The van der Waals surface area contributed by atoms with E-state index in [9.17, 15) is 23.2 Å². The van der Waals surface area contributed by atoms with Gasteiger partial charge in [0.25, 0.3) is 5.91 Å². The van der Waals surface area contributed by atoms with E-state index in [1.54, 1.807) is 11.8 Å². The summed E-state index contributed by atoms with van der Waals surface area (Å²) < 4.78 is 45.3. The number of hydrogen-bond donors (Lipinski definition) is 1. The summed E-state index contributed by atoms with van der Waals surface area (Å²) in [5.74, 6) is -3.34. The molecular weight excluding hydrogens is 514 g/mol. The lowest BCUT2D eigenvalue weighted by Crippen LogP contribution is -2.41. The third-order valence-electron chi connectivity index (χ3n) is 6.73. The van der Waals surface area contributed by atoms with Crippen molar-refractivity contribution in [2.24, 2.45) is 5.92 Å². The van der Waals surface area contributed by atoms with Gasteiger partial charge in [-0.25, -0.2) is 23.5 Å². The summed E-state index contributed by atoms with van der Waals surface area (Å²) >= 11 is 0. The SMILES string of the molecule is CCOC(=O)CCNC(=O)c1ncc(-c2cc(F)c(OCC3CCN(C(=O)OC4(C)CC4)CC3)c(F)c2)cn1. The van der Waals surface area contributed by atoms with Gasteiger partial charge in [0.2, 0.25) is 5.82 Å². The van der Waals surface area contributed by atoms with Crippen molar-refractivity contribution in [2.45, 2.75) is 51.6 Å². The fraction of sp³-hybridized carbons (Fsp3) is 0.519. The number of benzene rings is 1. The van der Waals surface area contributed by atoms with Crippen LogP contribution >= 0.6 is 0 Å². The maximum absolute atomic E-state index is 14.8. The number of piperidine rings is 1. The molecule has 4 rings (SSSR count). The number of ether oxygens (including phenoxy) is 3. The second kappa shape index (κ2) is 12.4. The van der Waals surface area contributed by atoms with Gasteiger partial charge in [-0.15, -0.1) is 0 Å². The molecule has 1 aromatic carbocycles. The predicted octanol–water partition coefficient (Wildman–Crippen LogP) is 3.88. The molecule has 0 atom stereocenters. The summed E-state index contributed by atoms with van der Waals surface area (Å²) in [5.41, 5.74) is 0.164. The minimum atomic E-state index is -0.871. The number of carbonyl (C=O) groups excluding carboxylic acids is 3. The Bertz CT molecular complexity index is 1170. The van der Waals surface area contributed by atoms with Crippen LogP contribution in [0.1, 0.15) is 56.6 Å². The normalized spacial score (nSPS) is 16.4. The summed E-state index contributed by atoms with van der Waals surface area (Å²) in [7, 11) is 0. The molecule has 1 aliphatic carbocycles. The van der Waals surface area contributed by atoms with Crippen molar-refractivity contribution in [3.8, 4) is 16.9 Å². The fourth-order valence-electron chi connectivity index (χ4n) is 4.09. The van der Waals surface area contributed by atoms with E-state index in [2.05, 4.69) is 15.3 Å². The number of likely N-dealkylation sites (tertiary alicyclic amines) is 1. The molecule has 2 heterocycles. The molecule has 0 radical (unpaired) electrons. The maximum atomic E-state index is 14.8. The first kappa shape index (κ1) is 28.2. The first-order valence-corrected chi connectivity index (χ1v) is 13.0. The van der Waals surface area contributed by atoms with E-state index in [1.165, 1.54) is 12.4 Å². The van der Waals surface area contributed by atoms with Crippen LogP contribution in [0.5, 0.6) is 5.75 Å². The molecule has 0 unspecified atom stereocenters. The van der Waals surface area contributed by atoms with Crippen LogP contribution in [0.15, 0.2) is 24.5 Å². The van der Waals surface area contributed by atoms with E-state index in [4.69, 9.17) is 14.2 Å². The van der Waals surface area contributed by atoms with Gasteiger partial charge < -0.3 is 24.4 Å². The quantitative estimate of drug-likeness (QED) is 0.446. The van der Waals surface area contributed by atoms with Crippen molar-refractivity contribution in [1.82, 2.24) is 20.2 Å². The topological polar surface area (TPSA) is 120 Å². The van der Waals surface area contributed by atoms with Crippen LogP contribution in [0, 0.1) is 17.6 Å². The molecule has 210 valence electrons.